The molecule has 1 fully saturated rings. The number of carbonyl (C=O) groups excluding carboxylic acids is 2. The van der Waals surface area contributed by atoms with Gasteiger partial charge in [-0.15, -0.1) is 0 Å². The van der Waals surface area contributed by atoms with E-state index in [0.717, 1.165) is 19.3 Å². The Morgan fingerprint density at radius 2 is 1.95 bits per heavy atom. The molecule has 0 spiro atoms. The van der Waals surface area contributed by atoms with Crippen molar-refractivity contribution >= 4 is 29.2 Å². The maximum absolute atomic E-state index is 13.5. The van der Waals surface area contributed by atoms with Crippen molar-refractivity contribution in [3.8, 4) is 17.0 Å². The number of anilines is 2. The summed E-state index contributed by atoms with van der Waals surface area (Å²) in [6, 6.07) is 9.39. The number of aromatic hydroxyl groups is 1. The Morgan fingerprint density at radius 1 is 1.20 bits per heavy atom. The van der Waals surface area contributed by atoms with Crippen molar-refractivity contribution in [3.05, 3.63) is 69.6 Å². The third-order valence-corrected chi connectivity index (χ3v) is 6.65. The average Bonchev–Trinajstić information content (AvgIpc) is 3.73. The number of phenolic OH excluding ortho intramolecular Hbond substituents is 1. The molecular weight excluding hydrogens is 512 g/mol. The normalized spacial score (nSPS) is 13.3. The first-order chi connectivity index (χ1) is 19.0. The van der Waals surface area contributed by atoms with Crippen LogP contribution in [-0.2, 0) is 17.9 Å². The minimum absolute atomic E-state index is 0.0105. The molecule has 40 heavy (non-hydrogen) atoms. The fourth-order valence-corrected chi connectivity index (χ4v) is 4.01. The molecule has 0 saturated heterocycles. The Hall–Kier alpha value is -4.87. The van der Waals surface area contributed by atoms with Gasteiger partial charge in [-0.2, -0.15) is 0 Å². The molecule has 1 aliphatic carbocycles. The molecule has 0 radical (unpaired) electrons. The van der Waals surface area contributed by atoms with Gasteiger partial charge in [-0.25, -0.2) is 4.98 Å². The van der Waals surface area contributed by atoms with E-state index in [0.29, 0.717) is 33.6 Å². The molecule has 1 aliphatic rings. The van der Waals surface area contributed by atoms with E-state index in [1.165, 1.54) is 16.8 Å². The molecule has 210 valence electrons. The number of nitrogens with zero attached hydrogens (tertiary/aromatic N) is 2. The maximum atomic E-state index is 13.5. The zero-order chi connectivity index (χ0) is 29.0. The van der Waals surface area contributed by atoms with Gasteiger partial charge in [0.05, 0.1) is 11.9 Å². The standard InChI is InChI=1S/C28H34N8O4/c1-3-15(2)34-27(39)19-8-18(9-20(29)10-19)22-13-33-26(35-21-6-7-21)28(40)36(22)14-24(38)32-12-17-5-4-16(25(30)31)11-23(17)37/h4-5,8-11,13,15,21,37H,3,6-7,12,14,29H2,1-2H3,(H3,30,31)(H,32,38)(H,33,35)(H,34,39)/t15-/m0/s1. The smallest absolute Gasteiger partial charge is 0.294 e. The Balaban J connectivity index is 1.63. The number of amides is 2. The lowest BCUT2D eigenvalue weighted by Crippen LogP contribution is -2.34. The summed E-state index contributed by atoms with van der Waals surface area (Å²) in [5.41, 5.74) is 13.3. The molecule has 1 saturated carbocycles. The van der Waals surface area contributed by atoms with Gasteiger partial charge < -0.3 is 32.5 Å². The van der Waals surface area contributed by atoms with E-state index in [9.17, 15) is 19.5 Å². The lowest BCUT2D eigenvalue weighted by Gasteiger charge is -2.17. The van der Waals surface area contributed by atoms with Crippen LogP contribution in [0, 0.1) is 5.41 Å². The predicted octanol–water partition coefficient (Wildman–Crippen LogP) is 1.90. The van der Waals surface area contributed by atoms with E-state index in [1.807, 2.05) is 13.8 Å². The fraction of sp³-hybridized carbons (Fsp3) is 0.321. The number of nitrogens with one attached hydrogen (secondary N) is 4. The number of carbonyl (C=O) groups is 2. The number of phenols is 1. The summed E-state index contributed by atoms with van der Waals surface area (Å²) < 4.78 is 1.29. The second kappa shape index (κ2) is 11.9. The quantitative estimate of drug-likeness (QED) is 0.107. The summed E-state index contributed by atoms with van der Waals surface area (Å²) in [6.07, 6.45) is 4.10. The second-order valence-corrected chi connectivity index (χ2v) is 9.96. The zero-order valence-corrected chi connectivity index (χ0v) is 22.5. The van der Waals surface area contributed by atoms with Gasteiger partial charge in [0.15, 0.2) is 5.82 Å². The number of amidine groups is 1. The second-order valence-electron chi connectivity index (χ2n) is 9.96. The molecule has 0 aliphatic heterocycles. The first-order valence-electron chi connectivity index (χ1n) is 13.1. The Labute approximate surface area is 231 Å². The van der Waals surface area contributed by atoms with Crippen molar-refractivity contribution in [1.82, 2.24) is 20.2 Å². The summed E-state index contributed by atoms with van der Waals surface area (Å²) >= 11 is 0. The number of nitrogens with two attached hydrogens (primary N) is 2. The average molecular weight is 547 g/mol. The van der Waals surface area contributed by atoms with E-state index in [4.69, 9.17) is 16.9 Å². The summed E-state index contributed by atoms with van der Waals surface area (Å²) in [4.78, 5) is 43.6. The van der Waals surface area contributed by atoms with E-state index in [-0.39, 0.29) is 48.5 Å². The number of benzene rings is 2. The highest BCUT2D eigenvalue weighted by molar-refractivity contribution is 5.97. The minimum Gasteiger partial charge on any atom is -0.508 e. The molecule has 2 amide bonds. The first-order valence-corrected chi connectivity index (χ1v) is 13.1. The Kier molecular flexibility index (Phi) is 8.37. The summed E-state index contributed by atoms with van der Waals surface area (Å²) in [5.74, 6) is -0.956. The van der Waals surface area contributed by atoms with Crippen LogP contribution in [0.2, 0.25) is 0 Å². The van der Waals surface area contributed by atoms with Gasteiger partial charge in [-0.1, -0.05) is 19.1 Å². The maximum Gasteiger partial charge on any atom is 0.294 e. The van der Waals surface area contributed by atoms with Crippen molar-refractivity contribution in [2.45, 2.75) is 58.3 Å². The van der Waals surface area contributed by atoms with Gasteiger partial charge >= 0.3 is 0 Å². The number of nitrogen functional groups attached to an aromatic ring is 2. The van der Waals surface area contributed by atoms with Crippen LogP contribution in [0.15, 0.2) is 47.4 Å². The first kappa shape index (κ1) is 28.1. The zero-order valence-electron chi connectivity index (χ0n) is 22.5. The molecule has 12 heteroatoms. The monoisotopic (exact) mass is 546 g/mol. The molecule has 4 rings (SSSR count). The van der Waals surface area contributed by atoms with Crippen LogP contribution >= 0.6 is 0 Å². The van der Waals surface area contributed by atoms with Crippen LogP contribution in [-0.4, -0.2) is 44.4 Å². The third-order valence-electron chi connectivity index (χ3n) is 6.65. The fourth-order valence-electron chi connectivity index (χ4n) is 4.01. The predicted molar refractivity (Wildman–Crippen MR) is 153 cm³/mol. The molecule has 1 aromatic heterocycles. The molecule has 3 aromatic rings. The van der Waals surface area contributed by atoms with Crippen molar-refractivity contribution in [2.75, 3.05) is 11.1 Å². The van der Waals surface area contributed by atoms with Crippen LogP contribution < -0.4 is 33.0 Å². The summed E-state index contributed by atoms with van der Waals surface area (Å²) in [5, 5.41) is 26.5. The topological polar surface area (TPSA) is 201 Å². The van der Waals surface area contributed by atoms with E-state index in [1.54, 1.807) is 30.3 Å². The van der Waals surface area contributed by atoms with Crippen LogP contribution in [0.25, 0.3) is 11.3 Å². The number of hydrogen-bond donors (Lipinski definition) is 7. The summed E-state index contributed by atoms with van der Waals surface area (Å²) in [6.45, 7) is 3.51. The number of rotatable bonds is 11. The van der Waals surface area contributed by atoms with Crippen molar-refractivity contribution in [2.24, 2.45) is 5.73 Å². The molecule has 1 heterocycles. The largest absolute Gasteiger partial charge is 0.508 e. The van der Waals surface area contributed by atoms with E-state index in [2.05, 4.69) is 20.9 Å². The van der Waals surface area contributed by atoms with E-state index < -0.39 is 11.5 Å². The molecular formula is C28H34N8O4. The van der Waals surface area contributed by atoms with Gasteiger partial charge in [0, 0.05) is 46.6 Å². The molecule has 0 bridgehead atoms. The van der Waals surface area contributed by atoms with Gasteiger partial charge in [0.25, 0.3) is 11.5 Å². The lowest BCUT2D eigenvalue weighted by molar-refractivity contribution is -0.121. The van der Waals surface area contributed by atoms with Crippen molar-refractivity contribution in [3.63, 3.8) is 0 Å². The molecule has 0 unspecified atom stereocenters. The SMILES string of the molecule is CC[C@H](C)NC(=O)c1cc(N)cc(-c2cnc(NC3CC3)c(=O)n2CC(=O)NCc2ccc(C(=N)N)cc2O)c1. The van der Waals surface area contributed by atoms with Crippen LogP contribution in [0.4, 0.5) is 11.5 Å². The highest BCUT2D eigenvalue weighted by Gasteiger charge is 2.24. The van der Waals surface area contributed by atoms with Crippen molar-refractivity contribution < 1.29 is 14.7 Å². The van der Waals surface area contributed by atoms with Crippen molar-refractivity contribution in [1.29, 1.82) is 5.41 Å². The number of aromatic nitrogens is 2. The van der Waals surface area contributed by atoms with Gasteiger partial charge in [0.2, 0.25) is 5.91 Å². The van der Waals surface area contributed by atoms with Crippen LogP contribution in [0.5, 0.6) is 5.75 Å². The Bertz CT molecular complexity index is 1510. The molecule has 9 N–H and O–H groups in total. The molecule has 1 atom stereocenters. The van der Waals surface area contributed by atoms with Gasteiger partial charge in [-0.05, 0) is 50.5 Å². The minimum atomic E-state index is -0.486. The lowest BCUT2D eigenvalue weighted by atomic mass is 10.1. The van der Waals surface area contributed by atoms with E-state index >= 15 is 0 Å². The third kappa shape index (κ3) is 6.76. The highest BCUT2D eigenvalue weighted by atomic mass is 16.3. The van der Waals surface area contributed by atoms with Gasteiger partial charge in [0.1, 0.15) is 18.1 Å². The Morgan fingerprint density at radius 3 is 2.60 bits per heavy atom. The van der Waals surface area contributed by atoms with Crippen LogP contribution in [0.1, 0.15) is 54.6 Å². The van der Waals surface area contributed by atoms with Gasteiger partial charge in [-0.3, -0.25) is 24.4 Å². The summed E-state index contributed by atoms with van der Waals surface area (Å²) in [7, 11) is 0. The molecule has 12 nitrogen and oxygen atoms in total. The highest BCUT2D eigenvalue weighted by Crippen LogP contribution is 2.26. The molecule has 2 aromatic carbocycles. The van der Waals surface area contributed by atoms with Crippen LogP contribution in [0.3, 0.4) is 0 Å². The number of hydrogen-bond acceptors (Lipinski definition) is 8.